The normalized spacial score (nSPS) is 9.73. The van der Waals surface area contributed by atoms with E-state index in [-0.39, 0.29) is 0 Å². The van der Waals surface area contributed by atoms with E-state index in [9.17, 15) is 0 Å². The Labute approximate surface area is 89.0 Å². The molecule has 1 aromatic rings. The lowest BCUT2D eigenvalue weighted by molar-refractivity contribution is 0.227. The second kappa shape index (κ2) is 4.62. The maximum absolute atomic E-state index is 8.95. The fraction of sp³-hybridized carbons (Fsp3) is 0.400. The molecule has 5 nitrogen and oxygen atoms in total. The van der Waals surface area contributed by atoms with Crippen LogP contribution in [0.2, 0.25) is 0 Å². The highest BCUT2D eigenvalue weighted by Gasteiger charge is 2.12. The molecule has 80 valence electrons. The van der Waals surface area contributed by atoms with E-state index in [0.717, 1.165) is 0 Å². The lowest BCUT2D eigenvalue weighted by Crippen LogP contribution is -2.08. The van der Waals surface area contributed by atoms with Crippen molar-refractivity contribution in [2.24, 2.45) is 7.05 Å². The Morgan fingerprint density at radius 3 is 2.93 bits per heavy atom. The van der Waals surface area contributed by atoms with Gasteiger partial charge in [-0.05, 0) is 6.92 Å². The van der Waals surface area contributed by atoms with Crippen molar-refractivity contribution in [1.29, 1.82) is 5.26 Å². The van der Waals surface area contributed by atoms with Crippen LogP contribution < -0.4 is 5.32 Å². The topological polar surface area (TPSA) is 62.9 Å². The number of nitrogens with one attached hydrogen (secondary N) is 1. The SMILES string of the molecule is C=C(COC)Nc1c(C#N)c(C)nn1C. The summed E-state index contributed by atoms with van der Waals surface area (Å²) in [7, 11) is 3.36. The van der Waals surface area contributed by atoms with E-state index in [1.807, 2.05) is 0 Å². The molecule has 0 bridgehead atoms. The Kier molecular flexibility index (Phi) is 3.47. The summed E-state index contributed by atoms with van der Waals surface area (Å²) in [5, 5.41) is 16.1. The maximum atomic E-state index is 8.95. The fourth-order valence-electron chi connectivity index (χ4n) is 1.31. The molecule has 0 saturated heterocycles. The van der Waals surface area contributed by atoms with Crippen LogP contribution in [-0.4, -0.2) is 23.5 Å². The minimum absolute atomic E-state index is 0.398. The van der Waals surface area contributed by atoms with Crippen LogP contribution in [-0.2, 0) is 11.8 Å². The Morgan fingerprint density at radius 2 is 2.40 bits per heavy atom. The van der Waals surface area contributed by atoms with Gasteiger partial charge in [-0.1, -0.05) is 6.58 Å². The number of aromatic nitrogens is 2. The molecule has 0 amide bonds. The van der Waals surface area contributed by atoms with Crippen molar-refractivity contribution in [2.75, 3.05) is 19.0 Å². The van der Waals surface area contributed by atoms with Crippen LogP contribution in [0.1, 0.15) is 11.3 Å². The second-order valence-corrected chi connectivity index (χ2v) is 3.21. The molecule has 0 fully saturated rings. The number of aryl methyl sites for hydroxylation is 2. The molecule has 0 unspecified atom stereocenters. The van der Waals surface area contributed by atoms with Crippen molar-refractivity contribution in [3.8, 4) is 6.07 Å². The largest absolute Gasteiger partial charge is 0.379 e. The zero-order chi connectivity index (χ0) is 11.4. The molecule has 0 saturated carbocycles. The van der Waals surface area contributed by atoms with Crippen molar-refractivity contribution in [3.63, 3.8) is 0 Å². The molecule has 0 aromatic carbocycles. The first-order valence-electron chi connectivity index (χ1n) is 4.47. The molecule has 1 rings (SSSR count). The Balaban J connectivity index is 2.94. The van der Waals surface area contributed by atoms with Crippen LogP contribution >= 0.6 is 0 Å². The van der Waals surface area contributed by atoms with E-state index >= 15 is 0 Å². The minimum Gasteiger partial charge on any atom is -0.379 e. The van der Waals surface area contributed by atoms with E-state index in [2.05, 4.69) is 23.1 Å². The van der Waals surface area contributed by atoms with Crippen LogP contribution in [0.3, 0.4) is 0 Å². The number of anilines is 1. The number of rotatable bonds is 4. The number of hydrogen-bond donors (Lipinski definition) is 1. The van der Waals surface area contributed by atoms with Gasteiger partial charge in [0.25, 0.3) is 0 Å². The average molecular weight is 206 g/mol. The van der Waals surface area contributed by atoms with E-state index in [1.165, 1.54) is 0 Å². The van der Waals surface area contributed by atoms with Gasteiger partial charge >= 0.3 is 0 Å². The van der Waals surface area contributed by atoms with Crippen molar-refractivity contribution < 1.29 is 4.74 Å². The summed E-state index contributed by atoms with van der Waals surface area (Å²) < 4.78 is 6.54. The van der Waals surface area contributed by atoms with Crippen molar-refractivity contribution >= 4 is 5.82 Å². The van der Waals surface area contributed by atoms with Gasteiger partial charge in [-0.25, -0.2) is 0 Å². The van der Waals surface area contributed by atoms with E-state index < -0.39 is 0 Å². The van der Waals surface area contributed by atoms with Crippen molar-refractivity contribution in [3.05, 3.63) is 23.5 Å². The second-order valence-electron chi connectivity index (χ2n) is 3.21. The summed E-state index contributed by atoms with van der Waals surface area (Å²) >= 11 is 0. The van der Waals surface area contributed by atoms with E-state index in [0.29, 0.717) is 29.4 Å². The summed E-state index contributed by atoms with van der Waals surface area (Å²) in [5.74, 6) is 0.650. The summed E-state index contributed by atoms with van der Waals surface area (Å²) in [5.41, 5.74) is 1.93. The lowest BCUT2D eigenvalue weighted by Gasteiger charge is -2.08. The molecule has 0 atom stereocenters. The summed E-state index contributed by atoms with van der Waals surface area (Å²) in [6, 6.07) is 2.10. The highest BCUT2D eigenvalue weighted by atomic mass is 16.5. The van der Waals surface area contributed by atoms with E-state index in [1.54, 1.807) is 25.8 Å². The molecule has 15 heavy (non-hydrogen) atoms. The highest BCUT2D eigenvalue weighted by molar-refractivity contribution is 5.57. The van der Waals surface area contributed by atoms with Crippen LogP contribution in [0.25, 0.3) is 0 Å². The standard InChI is InChI=1S/C10H14N4O/c1-7(6-15-4)12-10-9(5-11)8(2)13-14(10)3/h12H,1,6H2,2-4H3. The molecular formula is C10H14N4O. The third-order valence-electron chi connectivity index (χ3n) is 1.95. The number of nitrogens with zero attached hydrogens (tertiary/aromatic N) is 3. The molecule has 0 aliphatic heterocycles. The summed E-state index contributed by atoms with van der Waals surface area (Å²) in [4.78, 5) is 0. The average Bonchev–Trinajstić information content (AvgIpc) is 2.42. The van der Waals surface area contributed by atoms with Gasteiger partial charge in [0.15, 0.2) is 0 Å². The number of hydrogen-bond acceptors (Lipinski definition) is 4. The van der Waals surface area contributed by atoms with Gasteiger partial charge in [0.05, 0.1) is 12.3 Å². The van der Waals surface area contributed by atoms with Gasteiger partial charge in [-0.15, -0.1) is 0 Å². The molecule has 0 spiro atoms. The van der Waals surface area contributed by atoms with Crippen LogP contribution in [0, 0.1) is 18.3 Å². The molecular weight excluding hydrogens is 192 g/mol. The Hall–Kier alpha value is -1.80. The van der Waals surface area contributed by atoms with E-state index in [4.69, 9.17) is 10.00 Å². The van der Waals surface area contributed by atoms with Crippen molar-refractivity contribution in [2.45, 2.75) is 6.92 Å². The zero-order valence-corrected chi connectivity index (χ0v) is 9.16. The van der Waals surface area contributed by atoms with Crippen LogP contribution in [0.4, 0.5) is 5.82 Å². The summed E-state index contributed by atoms with van der Waals surface area (Å²) in [6.07, 6.45) is 0. The highest BCUT2D eigenvalue weighted by Crippen LogP contribution is 2.18. The fourth-order valence-corrected chi connectivity index (χ4v) is 1.31. The quantitative estimate of drug-likeness (QED) is 0.803. The number of ether oxygens (including phenoxy) is 1. The minimum atomic E-state index is 0.398. The summed E-state index contributed by atoms with van der Waals surface area (Å²) in [6.45, 7) is 5.97. The third kappa shape index (κ3) is 2.36. The third-order valence-corrected chi connectivity index (χ3v) is 1.95. The Morgan fingerprint density at radius 1 is 1.73 bits per heavy atom. The van der Waals surface area contributed by atoms with Crippen molar-refractivity contribution in [1.82, 2.24) is 9.78 Å². The van der Waals surface area contributed by atoms with Gasteiger partial charge in [0.1, 0.15) is 17.5 Å². The first kappa shape index (κ1) is 11.3. The predicted octanol–water partition coefficient (Wildman–Crippen LogP) is 1.17. The van der Waals surface area contributed by atoms with Gasteiger partial charge in [0.2, 0.25) is 0 Å². The molecule has 1 aromatic heterocycles. The zero-order valence-electron chi connectivity index (χ0n) is 9.16. The molecule has 1 heterocycles. The van der Waals surface area contributed by atoms with Crippen LogP contribution in [0.15, 0.2) is 12.3 Å². The smallest absolute Gasteiger partial charge is 0.146 e. The lowest BCUT2D eigenvalue weighted by atomic mass is 10.2. The Bertz CT molecular complexity index is 414. The molecule has 1 N–H and O–H groups in total. The monoisotopic (exact) mass is 206 g/mol. The van der Waals surface area contributed by atoms with Gasteiger partial charge in [-0.3, -0.25) is 4.68 Å². The maximum Gasteiger partial charge on any atom is 0.146 e. The van der Waals surface area contributed by atoms with Gasteiger partial charge in [0, 0.05) is 19.9 Å². The first-order chi connectivity index (χ1) is 7.10. The number of nitriles is 1. The predicted molar refractivity (Wildman–Crippen MR) is 57.3 cm³/mol. The number of methoxy groups -OCH3 is 1. The molecule has 0 aliphatic carbocycles. The van der Waals surface area contributed by atoms with Crippen LogP contribution in [0.5, 0.6) is 0 Å². The van der Waals surface area contributed by atoms with Gasteiger partial charge in [-0.2, -0.15) is 10.4 Å². The molecule has 0 radical (unpaired) electrons. The molecule has 0 aliphatic rings. The van der Waals surface area contributed by atoms with Gasteiger partial charge < -0.3 is 10.1 Å². The first-order valence-corrected chi connectivity index (χ1v) is 4.47. The molecule has 5 heteroatoms.